The van der Waals surface area contributed by atoms with Crippen molar-refractivity contribution in [1.29, 1.82) is 0 Å². The van der Waals surface area contributed by atoms with Crippen LogP contribution in [-0.2, 0) is 4.79 Å². The summed E-state index contributed by atoms with van der Waals surface area (Å²) in [7, 11) is 0. The highest BCUT2D eigenvalue weighted by atomic mass is 32.1. The third kappa shape index (κ3) is 4.50. The van der Waals surface area contributed by atoms with E-state index in [0.717, 1.165) is 5.56 Å². The number of nitrogens with two attached hydrogens (primary N) is 1. The fourth-order valence-electron chi connectivity index (χ4n) is 1.92. The normalized spacial score (nSPS) is 12.3. The number of likely N-dealkylation sites (N-methyl/N-ethyl adjacent to an activating group) is 1. The highest BCUT2D eigenvalue weighted by Gasteiger charge is 2.22. The van der Waals surface area contributed by atoms with Gasteiger partial charge in [0, 0.05) is 6.54 Å². The first-order valence-electron chi connectivity index (χ1n) is 5.99. The number of phenols is 1. The summed E-state index contributed by atoms with van der Waals surface area (Å²) in [5, 5.41) is 18.1. The Bertz CT molecular complexity index is 448. The van der Waals surface area contributed by atoms with E-state index in [2.05, 4.69) is 0 Å². The molecule has 0 aromatic heterocycles. The van der Waals surface area contributed by atoms with Gasteiger partial charge in [-0.05, 0) is 24.2 Å². The lowest BCUT2D eigenvalue weighted by Gasteiger charge is -2.29. The molecule has 0 aliphatic carbocycles. The van der Waals surface area contributed by atoms with E-state index in [0.29, 0.717) is 13.1 Å². The standard InChI is InChI=1S/C13H18N2O3S/c1-2-15(8-7-11(17)18)12(13(14)19)9-3-5-10(16)6-4-9/h3-6,12,16H,2,7-8H2,1H3,(H2,14,19)(H,17,18). The van der Waals surface area contributed by atoms with Crippen molar-refractivity contribution in [3.63, 3.8) is 0 Å². The number of hydrogen-bond acceptors (Lipinski definition) is 4. The minimum atomic E-state index is -0.856. The molecule has 0 saturated carbocycles. The van der Waals surface area contributed by atoms with Gasteiger partial charge in [-0.1, -0.05) is 31.3 Å². The molecule has 1 rings (SSSR count). The number of aliphatic carboxylic acids is 1. The van der Waals surface area contributed by atoms with Crippen molar-refractivity contribution in [1.82, 2.24) is 4.90 Å². The second-order valence-electron chi connectivity index (χ2n) is 4.17. The minimum Gasteiger partial charge on any atom is -0.508 e. The Labute approximate surface area is 117 Å². The van der Waals surface area contributed by atoms with Crippen LogP contribution in [0.15, 0.2) is 24.3 Å². The van der Waals surface area contributed by atoms with Crippen molar-refractivity contribution in [3.8, 4) is 5.75 Å². The summed E-state index contributed by atoms with van der Waals surface area (Å²) >= 11 is 5.08. The topological polar surface area (TPSA) is 86.8 Å². The summed E-state index contributed by atoms with van der Waals surface area (Å²) < 4.78 is 0. The summed E-state index contributed by atoms with van der Waals surface area (Å²) in [6.07, 6.45) is 0.0328. The zero-order valence-electron chi connectivity index (χ0n) is 10.7. The maximum absolute atomic E-state index is 10.7. The summed E-state index contributed by atoms with van der Waals surface area (Å²) in [6, 6.07) is 6.28. The Balaban J connectivity index is 2.94. The second-order valence-corrected chi connectivity index (χ2v) is 4.64. The summed E-state index contributed by atoms with van der Waals surface area (Å²) in [5.74, 6) is -0.690. The Morgan fingerprint density at radius 2 is 2.00 bits per heavy atom. The number of carbonyl (C=O) groups is 1. The number of thiocarbonyl (C=S) groups is 1. The lowest BCUT2D eigenvalue weighted by atomic mass is 10.0. The summed E-state index contributed by atoms with van der Waals surface area (Å²) in [6.45, 7) is 2.93. The lowest BCUT2D eigenvalue weighted by molar-refractivity contribution is -0.137. The van der Waals surface area contributed by atoms with Gasteiger partial charge in [-0.3, -0.25) is 9.69 Å². The van der Waals surface area contributed by atoms with Crippen molar-refractivity contribution in [2.24, 2.45) is 5.73 Å². The summed E-state index contributed by atoms with van der Waals surface area (Å²) in [4.78, 5) is 12.9. The third-order valence-electron chi connectivity index (χ3n) is 2.86. The highest BCUT2D eigenvalue weighted by Crippen LogP contribution is 2.23. The predicted octanol–water partition coefficient (Wildman–Crippen LogP) is 1.52. The Morgan fingerprint density at radius 1 is 1.42 bits per heavy atom. The van der Waals surface area contributed by atoms with Gasteiger partial charge in [0.1, 0.15) is 5.75 Å². The number of carboxylic acid groups (broad SMARTS) is 1. The van der Waals surface area contributed by atoms with Crippen molar-refractivity contribution in [2.75, 3.05) is 13.1 Å². The van der Waals surface area contributed by atoms with Gasteiger partial charge in [-0.15, -0.1) is 0 Å². The molecule has 0 aliphatic heterocycles. The molecule has 6 heteroatoms. The molecule has 19 heavy (non-hydrogen) atoms. The molecule has 0 fully saturated rings. The molecule has 104 valence electrons. The number of hydrogen-bond donors (Lipinski definition) is 3. The van der Waals surface area contributed by atoms with Gasteiger partial charge >= 0.3 is 5.97 Å². The number of rotatable bonds is 7. The summed E-state index contributed by atoms with van der Waals surface area (Å²) in [5.41, 5.74) is 6.61. The molecule has 0 saturated heterocycles. The van der Waals surface area contributed by atoms with E-state index < -0.39 is 5.97 Å². The molecule has 0 heterocycles. The van der Waals surface area contributed by atoms with Gasteiger partial charge in [-0.2, -0.15) is 0 Å². The fourth-order valence-corrected chi connectivity index (χ4v) is 2.21. The van der Waals surface area contributed by atoms with Gasteiger partial charge in [0.2, 0.25) is 0 Å². The SMILES string of the molecule is CCN(CCC(=O)O)C(C(N)=S)c1ccc(O)cc1. The van der Waals surface area contributed by atoms with Crippen molar-refractivity contribution < 1.29 is 15.0 Å². The van der Waals surface area contributed by atoms with Crippen molar-refractivity contribution in [3.05, 3.63) is 29.8 Å². The first kappa shape index (κ1) is 15.4. The quantitative estimate of drug-likeness (QED) is 0.657. The van der Waals surface area contributed by atoms with E-state index in [9.17, 15) is 9.90 Å². The van der Waals surface area contributed by atoms with Gasteiger partial charge in [-0.25, -0.2) is 0 Å². The van der Waals surface area contributed by atoms with Crippen LogP contribution in [0.25, 0.3) is 0 Å². The molecule has 1 atom stereocenters. The van der Waals surface area contributed by atoms with Crippen LogP contribution in [0, 0.1) is 0 Å². The Morgan fingerprint density at radius 3 is 2.42 bits per heavy atom. The smallest absolute Gasteiger partial charge is 0.304 e. The van der Waals surface area contributed by atoms with E-state index in [1.54, 1.807) is 24.3 Å². The molecule has 0 aliphatic rings. The number of aromatic hydroxyl groups is 1. The van der Waals surface area contributed by atoms with Crippen LogP contribution in [0.4, 0.5) is 0 Å². The van der Waals surface area contributed by atoms with Crippen LogP contribution in [0.2, 0.25) is 0 Å². The van der Waals surface area contributed by atoms with E-state index in [1.807, 2.05) is 11.8 Å². The molecule has 0 radical (unpaired) electrons. The molecule has 4 N–H and O–H groups in total. The third-order valence-corrected chi connectivity index (χ3v) is 3.09. The second kappa shape index (κ2) is 7.06. The first-order chi connectivity index (χ1) is 8.95. The average molecular weight is 282 g/mol. The molecule has 1 unspecified atom stereocenters. The molecule has 0 amide bonds. The molecule has 0 spiro atoms. The zero-order chi connectivity index (χ0) is 14.4. The molecular weight excluding hydrogens is 264 g/mol. The van der Waals surface area contributed by atoms with Crippen LogP contribution in [-0.4, -0.2) is 39.2 Å². The van der Waals surface area contributed by atoms with E-state index in [4.69, 9.17) is 23.1 Å². The number of phenolic OH excluding ortho intramolecular Hbond substituents is 1. The van der Waals surface area contributed by atoms with Gasteiger partial charge < -0.3 is 15.9 Å². The van der Waals surface area contributed by atoms with Crippen LogP contribution >= 0.6 is 12.2 Å². The van der Waals surface area contributed by atoms with Gasteiger partial charge in [0.15, 0.2) is 0 Å². The molecule has 1 aromatic rings. The van der Waals surface area contributed by atoms with Crippen LogP contribution in [0.5, 0.6) is 5.75 Å². The van der Waals surface area contributed by atoms with Crippen LogP contribution in [0.1, 0.15) is 24.9 Å². The predicted molar refractivity (Wildman–Crippen MR) is 77.1 cm³/mol. The zero-order valence-corrected chi connectivity index (χ0v) is 11.6. The van der Waals surface area contributed by atoms with E-state index in [-0.39, 0.29) is 23.2 Å². The van der Waals surface area contributed by atoms with Crippen LogP contribution in [0.3, 0.4) is 0 Å². The van der Waals surface area contributed by atoms with Crippen molar-refractivity contribution >= 4 is 23.2 Å². The Kier molecular flexibility index (Phi) is 5.72. The highest BCUT2D eigenvalue weighted by molar-refractivity contribution is 7.80. The fraction of sp³-hybridized carbons (Fsp3) is 0.385. The Hall–Kier alpha value is -1.66. The molecule has 1 aromatic carbocycles. The lowest BCUT2D eigenvalue weighted by Crippen LogP contribution is -2.38. The minimum absolute atomic E-state index is 0.0328. The molecule has 5 nitrogen and oxygen atoms in total. The number of nitrogens with zero attached hydrogens (tertiary/aromatic N) is 1. The maximum Gasteiger partial charge on any atom is 0.304 e. The molecule has 0 bridgehead atoms. The van der Waals surface area contributed by atoms with E-state index >= 15 is 0 Å². The van der Waals surface area contributed by atoms with Gasteiger partial charge in [0.05, 0.1) is 17.5 Å². The monoisotopic (exact) mass is 282 g/mol. The maximum atomic E-state index is 10.7. The first-order valence-corrected chi connectivity index (χ1v) is 6.40. The molecular formula is C13H18N2O3S. The van der Waals surface area contributed by atoms with Crippen molar-refractivity contribution in [2.45, 2.75) is 19.4 Å². The van der Waals surface area contributed by atoms with Crippen LogP contribution < -0.4 is 5.73 Å². The number of benzene rings is 1. The average Bonchev–Trinajstić information content (AvgIpc) is 2.35. The largest absolute Gasteiger partial charge is 0.508 e. The van der Waals surface area contributed by atoms with Gasteiger partial charge in [0.25, 0.3) is 0 Å². The van der Waals surface area contributed by atoms with E-state index in [1.165, 1.54) is 0 Å². The number of carboxylic acids is 1.